The smallest absolute Gasteiger partial charge is 0.134 e. The molecule has 0 bridgehead atoms. The van der Waals surface area contributed by atoms with Crippen LogP contribution < -0.4 is 5.48 Å². The van der Waals surface area contributed by atoms with Crippen LogP contribution in [0.3, 0.4) is 0 Å². The molecule has 0 atom stereocenters. The summed E-state index contributed by atoms with van der Waals surface area (Å²) in [7, 11) is 0. The Labute approximate surface area is 121 Å². The Hall–Kier alpha value is -1.32. The van der Waals surface area contributed by atoms with Gasteiger partial charge in [-0.05, 0) is 18.4 Å². The van der Waals surface area contributed by atoms with Gasteiger partial charge in [-0.3, -0.25) is 0 Å². The van der Waals surface area contributed by atoms with Crippen LogP contribution in [0.1, 0.15) is 44.9 Å². The summed E-state index contributed by atoms with van der Waals surface area (Å²) < 4.78 is 5.98. The molecule has 0 aliphatic heterocycles. The molecule has 3 heteroatoms. The van der Waals surface area contributed by atoms with Crippen molar-refractivity contribution in [1.82, 2.24) is 5.48 Å². The van der Waals surface area contributed by atoms with E-state index in [2.05, 4.69) is 38.4 Å². The Bertz CT molecular complexity index is 531. The van der Waals surface area contributed by atoms with E-state index in [1.807, 2.05) is 12.1 Å². The quantitative estimate of drug-likeness (QED) is 0.571. The lowest BCUT2D eigenvalue weighted by molar-refractivity contribution is 0.0195. The van der Waals surface area contributed by atoms with Gasteiger partial charge in [-0.2, -0.15) is 5.48 Å². The molecule has 0 saturated carbocycles. The summed E-state index contributed by atoms with van der Waals surface area (Å²) in [6.45, 7) is 7.90. The van der Waals surface area contributed by atoms with Crippen molar-refractivity contribution >= 4 is 11.0 Å². The minimum Gasteiger partial charge on any atom is -0.461 e. The van der Waals surface area contributed by atoms with E-state index >= 15 is 0 Å². The fraction of sp³-hybridized carbons (Fsp3) is 0.529. The number of fused-ring (bicyclic) bond motifs is 1. The number of rotatable bonds is 8. The first-order valence-electron chi connectivity index (χ1n) is 7.56. The molecule has 110 valence electrons. The largest absolute Gasteiger partial charge is 0.461 e. The first-order valence-corrected chi connectivity index (χ1v) is 7.56. The van der Waals surface area contributed by atoms with E-state index in [0.717, 1.165) is 30.8 Å². The summed E-state index contributed by atoms with van der Waals surface area (Å²) in [5.41, 5.74) is 5.27. The zero-order chi connectivity index (χ0) is 14.4. The van der Waals surface area contributed by atoms with Gasteiger partial charge in [-0.15, -0.1) is 0 Å². The van der Waals surface area contributed by atoms with Crippen LogP contribution in [-0.2, 0) is 17.8 Å². The molecule has 0 aliphatic carbocycles. The predicted molar refractivity (Wildman–Crippen MR) is 82.5 cm³/mol. The maximum Gasteiger partial charge on any atom is 0.134 e. The number of hydroxylamine groups is 1. The monoisotopic (exact) mass is 275 g/mol. The number of furan rings is 1. The Balaban J connectivity index is 2.11. The molecule has 0 radical (unpaired) electrons. The molecule has 0 aliphatic rings. The SMILES string of the molecule is CCCCc1oc2ccccc2c1CNOCC(C)C. The van der Waals surface area contributed by atoms with Crippen LogP contribution in [0.5, 0.6) is 0 Å². The van der Waals surface area contributed by atoms with Gasteiger partial charge < -0.3 is 9.25 Å². The van der Waals surface area contributed by atoms with Gasteiger partial charge in [0.15, 0.2) is 0 Å². The van der Waals surface area contributed by atoms with Crippen LogP contribution in [0, 0.1) is 5.92 Å². The van der Waals surface area contributed by atoms with Crippen molar-refractivity contribution in [1.29, 1.82) is 0 Å². The van der Waals surface area contributed by atoms with E-state index in [1.165, 1.54) is 17.4 Å². The molecule has 2 aromatic rings. The maximum absolute atomic E-state index is 5.98. The van der Waals surface area contributed by atoms with Gasteiger partial charge in [0.05, 0.1) is 13.2 Å². The fourth-order valence-corrected chi connectivity index (χ4v) is 2.23. The van der Waals surface area contributed by atoms with Crippen molar-refractivity contribution in [2.75, 3.05) is 6.61 Å². The molecule has 1 heterocycles. The molecule has 1 aromatic carbocycles. The molecule has 2 rings (SSSR count). The number of para-hydroxylation sites is 1. The molecule has 1 N–H and O–H groups in total. The highest BCUT2D eigenvalue weighted by Gasteiger charge is 2.13. The van der Waals surface area contributed by atoms with E-state index in [4.69, 9.17) is 9.25 Å². The number of aryl methyl sites for hydroxylation is 1. The summed E-state index contributed by atoms with van der Waals surface area (Å²) in [5.74, 6) is 1.62. The van der Waals surface area contributed by atoms with Crippen LogP contribution in [0.4, 0.5) is 0 Å². The summed E-state index contributed by atoms with van der Waals surface area (Å²) in [6.07, 6.45) is 3.32. The number of benzene rings is 1. The van der Waals surface area contributed by atoms with Gasteiger partial charge in [0.1, 0.15) is 11.3 Å². The second kappa shape index (κ2) is 7.46. The second-order valence-electron chi connectivity index (χ2n) is 5.63. The first-order chi connectivity index (χ1) is 9.72. The van der Waals surface area contributed by atoms with E-state index in [1.54, 1.807) is 0 Å². The lowest BCUT2D eigenvalue weighted by atomic mass is 10.1. The maximum atomic E-state index is 5.98. The molecule has 0 saturated heterocycles. The van der Waals surface area contributed by atoms with Crippen molar-refractivity contribution < 1.29 is 9.25 Å². The normalized spacial score (nSPS) is 11.6. The molecule has 0 spiro atoms. The number of hydrogen-bond donors (Lipinski definition) is 1. The summed E-state index contributed by atoms with van der Waals surface area (Å²) >= 11 is 0. The highest BCUT2D eigenvalue weighted by molar-refractivity contribution is 5.82. The Kier molecular flexibility index (Phi) is 5.62. The third kappa shape index (κ3) is 3.84. The van der Waals surface area contributed by atoms with Crippen LogP contribution in [0.15, 0.2) is 28.7 Å². The number of hydrogen-bond acceptors (Lipinski definition) is 3. The second-order valence-corrected chi connectivity index (χ2v) is 5.63. The summed E-state index contributed by atoms with van der Waals surface area (Å²) in [6, 6.07) is 8.22. The number of nitrogens with one attached hydrogen (secondary N) is 1. The van der Waals surface area contributed by atoms with Crippen molar-refractivity contribution in [3.05, 3.63) is 35.6 Å². The topological polar surface area (TPSA) is 34.4 Å². The molecule has 0 fully saturated rings. The van der Waals surface area contributed by atoms with Crippen LogP contribution in [-0.4, -0.2) is 6.61 Å². The Morgan fingerprint density at radius 1 is 1.25 bits per heavy atom. The highest BCUT2D eigenvalue weighted by Crippen LogP contribution is 2.27. The predicted octanol–water partition coefficient (Wildman–Crippen LogP) is 4.45. The fourth-order valence-electron chi connectivity index (χ4n) is 2.23. The van der Waals surface area contributed by atoms with Gasteiger partial charge in [-0.25, -0.2) is 0 Å². The third-order valence-corrected chi connectivity index (χ3v) is 3.31. The number of unbranched alkanes of at least 4 members (excludes halogenated alkanes) is 1. The first kappa shape index (κ1) is 15.1. The lowest BCUT2D eigenvalue weighted by Crippen LogP contribution is -2.17. The van der Waals surface area contributed by atoms with Crippen molar-refractivity contribution in [2.45, 2.75) is 46.6 Å². The summed E-state index contributed by atoms with van der Waals surface area (Å²) in [4.78, 5) is 5.49. The van der Waals surface area contributed by atoms with Gasteiger partial charge >= 0.3 is 0 Å². The lowest BCUT2D eigenvalue weighted by Gasteiger charge is -2.08. The Morgan fingerprint density at radius 3 is 2.80 bits per heavy atom. The minimum absolute atomic E-state index is 0.531. The Morgan fingerprint density at radius 2 is 2.05 bits per heavy atom. The van der Waals surface area contributed by atoms with Crippen molar-refractivity contribution in [2.24, 2.45) is 5.92 Å². The molecular formula is C17H25NO2. The average Bonchev–Trinajstić information content (AvgIpc) is 2.79. The van der Waals surface area contributed by atoms with E-state index in [0.29, 0.717) is 12.5 Å². The molecule has 0 amide bonds. The van der Waals surface area contributed by atoms with Crippen molar-refractivity contribution in [3.8, 4) is 0 Å². The summed E-state index contributed by atoms with van der Waals surface area (Å²) in [5, 5.41) is 1.19. The molecule has 1 aromatic heterocycles. The van der Waals surface area contributed by atoms with E-state index in [-0.39, 0.29) is 0 Å². The zero-order valence-corrected chi connectivity index (χ0v) is 12.7. The standard InChI is InChI=1S/C17H25NO2/c1-4-5-9-17-15(11-18-19-12-13(2)3)14-8-6-7-10-16(14)20-17/h6-8,10,13,18H,4-5,9,11-12H2,1-3H3. The third-order valence-electron chi connectivity index (χ3n) is 3.31. The van der Waals surface area contributed by atoms with Gasteiger partial charge in [-0.1, -0.05) is 45.4 Å². The molecule has 3 nitrogen and oxygen atoms in total. The van der Waals surface area contributed by atoms with Crippen LogP contribution >= 0.6 is 0 Å². The average molecular weight is 275 g/mol. The minimum atomic E-state index is 0.531. The molecule has 20 heavy (non-hydrogen) atoms. The van der Waals surface area contributed by atoms with Gasteiger partial charge in [0, 0.05) is 17.4 Å². The van der Waals surface area contributed by atoms with E-state index < -0.39 is 0 Å². The van der Waals surface area contributed by atoms with Crippen LogP contribution in [0.25, 0.3) is 11.0 Å². The molecule has 0 unspecified atom stereocenters. The van der Waals surface area contributed by atoms with Crippen molar-refractivity contribution in [3.63, 3.8) is 0 Å². The van der Waals surface area contributed by atoms with Gasteiger partial charge in [0.2, 0.25) is 0 Å². The highest BCUT2D eigenvalue weighted by atomic mass is 16.6. The van der Waals surface area contributed by atoms with E-state index in [9.17, 15) is 0 Å². The van der Waals surface area contributed by atoms with Crippen LogP contribution in [0.2, 0.25) is 0 Å². The molecular weight excluding hydrogens is 250 g/mol. The van der Waals surface area contributed by atoms with Gasteiger partial charge in [0.25, 0.3) is 0 Å². The zero-order valence-electron chi connectivity index (χ0n) is 12.7.